The average Bonchev–Trinajstić information content (AvgIpc) is 2.69. The van der Waals surface area contributed by atoms with Gasteiger partial charge in [0.05, 0.1) is 13.7 Å². The predicted molar refractivity (Wildman–Crippen MR) is 51.5 cm³/mol. The van der Waals surface area contributed by atoms with Crippen LogP contribution < -0.4 is 0 Å². The first-order chi connectivity index (χ1) is 8.49. The van der Waals surface area contributed by atoms with Crippen LogP contribution in [0.5, 0.6) is 0 Å². The molecule has 1 unspecified atom stereocenters. The number of esters is 2. The van der Waals surface area contributed by atoms with Gasteiger partial charge in [-0.15, -0.1) is 0 Å². The first kappa shape index (κ1) is 14.0. The molecule has 0 radical (unpaired) electrons. The molecule has 1 saturated heterocycles. The molecule has 1 fully saturated rings. The molecule has 1 aliphatic heterocycles. The number of carbonyl (C=O) groups is 4. The van der Waals surface area contributed by atoms with E-state index in [-0.39, 0.29) is 6.61 Å². The Morgan fingerprint density at radius 1 is 1.33 bits per heavy atom. The molecule has 0 saturated carbocycles. The highest BCUT2D eigenvalue weighted by molar-refractivity contribution is 6.49. The zero-order valence-electron chi connectivity index (χ0n) is 9.54. The lowest BCUT2D eigenvalue weighted by atomic mass is 10.2. The van der Waals surface area contributed by atoms with Crippen LogP contribution in [-0.4, -0.2) is 51.0 Å². The second kappa shape index (κ2) is 6.01. The lowest BCUT2D eigenvalue weighted by Crippen LogP contribution is -2.32. The Kier molecular flexibility index (Phi) is 4.66. The third-order valence-corrected chi connectivity index (χ3v) is 1.73. The molecule has 0 spiro atoms. The van der Waals surface area contributed by atoms with Gasteiger partial charge in [-0.25, -0.2) is 14.4 Å². The van der Waals surface area contributed by atoms with Crippen molar-refractivity contribution in [1.29, 1.82) is 0 Å². The maximum atomic E-state index is 11.2. The summed E-state index contributed by atoms with van der Waals surface area (Å²) in [7, 11) is -0.814. The fraction of sp³-hybridized carbons (Fsp3) is 0.500. The number of hydrogen-bond acceptors (Lipinski definition) is 9. The van der Waals surface area contributed by atoms with Gasteiger partial charge >= 0.3 is 31.2 Å². The minimum absolute atomic E-state index is 0.0403. The molecular weight excluding hydrogens is 251 g/mol. The highest BCUT2D eigenvalue weighted by Gasteiger charge is 2.50. The fourth-order valence-corrected chi connectivity index (χ4v) is 0.991. The van der Waals surface area contributed by atoms with Gasteiger partial charge in [0.25, 0.3) is 0 Å². The quantitative estimate of drug-likeness (QED) is 0.250. The molecule has 0 aromatic heterocycles. The van der Waals surface area contributed by atoms with Crippen molar-refractivity contribution in [2.75, 3.05) is 13.7 Å². The summed E-state index contributed by atoms with van der Waals surface area (Å²) in [5.74, 6) is -4.76. The zero-order valence-corrected chi connectivity index (χ0v) is 9.54. The van der Waals surface area contributed by atoms with Crippen LogP contribution >= 0.6 is 0 Å². The third kappa shape index (κ3) is 3.20. The molecule has 0 amide bonds. The Bertz CT molecular complexity index is 379. The van der Waals surface area contributed by atoms with Gasteiger partial charge in [0.2, 0.25) is 6.10 Å². The summed E-state index contributed by atoms with van der Waals surface area (Å²) in [4.78, 5) is 44.0. The lowest BCUT2D eigenvalue weighted by molar-refractivity contribution is -0.162. The summed E-state index contributed by atoms with van der Waals surface area (Å²) in [5, 5.41) is 0. The Morgan fingerprint density at radius 3 is 2.56 bits per heavy atom. The molecule has 0 bridgehead atoms. The van der Waals surface area contributed by atoms with Crippen molar-refractivity contribution in [1.82, 2.24) is 0 Å². The first-order valence-electron chi connectivity index (χ1n) is 4.81. The minimum Gasteiger partial charge on any atom is -0.471 e. The van der Waals surface area contributed by atoms with Crippen molar-refractivity contribution in [3.05, 3.63) is 0 Å². The van der Waals surface area contributed by atoms with E-state index in [0.29, 0.717) is 0 Å². The summed E-state index contributed by atoms with van der Waals surface area (Å²) in [6.45, 7) is 1.57. The van der Waals surface area contributed by atoms with Crippen molar-refractivity contribution >= 4 is 31.2 Å². The third-order valence-electron chi connectivity index (χ3n) is 1.73. The largest absolute Gasteiger partial charge is 0.793 e. The number of carbonyl (C=O) groups excluding carboxylic acids is 4. The SMILES string of the molecule is CCOC(=O)C1OB(OC(=O)C(=O)OC)OC1=O. The van der Waals surface area contributed by atoms with Crippen molar-refractivity contribution in [2.24, 2.45) is 0 Å². The summed E-state index contributed by atoms with van der Waals surface area (Å²) in [5.41, 5.74) is 0. The van der Waals surface area contributed by atoms with Gasteiger partial charge in [-0.1, -0.05) is 0 Å². The van der Waals surface area contributed by atoms with Gasteiger partial charge in [0.15, 0.2) is 0 Å². The molecule has 1 aliphatic rings. The molecule has 0 N–H and O–H groups in total. The lowest BCUT2D eigenvalue weighted by Gasteiger charge is -2.05. The summed E-state index contributed by atoms with van der Waals surface area (Å²) in [6, 6.07) is 0. The topological polar surface area (TPSA) is 114 Å². The van der Waals surface area contributed by atoms with Gasteiger partial charge in [0.1, 0.15) is 0 Å². The highest BCUT2D eigenvalue weighted by Crippen LogP contribution is 2.13. The maximum absolute atomic E-state index is 11.2. The Labute approximate surface area is 101 Å². The second-order valence-electron chi connectivity index (χ2n) is 2.89. The molecule has 98 valence electrons. The zero-order chi connectivity index (χ0) is 13.7. The molecule has 10 heteroatoms. The smallest absolute Gasteiger partial charge is 0.471 e. The minimum atomic E-state index is -1.78. The van der Waals surface area contributed by atoms with Crippen LogP contribution in [0.1, 0.15) is 6.92 Å². The van der Waals surface area contributed by atoms with E-state index < -0.39 is 37.3 Å². The second-order valence-corrected chi connectivity index (χ2v) is 2.89. The Hall–Kier alpha value is -2.10. The van der Waals surface area contributed by atoms with Crippen molar-refractivity contribution in [2.45, 2.75) is 13.0 Å². The van der Waals surface area contributed by atoms with E-state index in [4.69, 9.17) is 0 Å². The molecule has 9 nitrogen and oxygen atoms in total. The van der Waals surface area contributed by atoms with Gasteiger partial charge in [-0.05, 0) is 6.92 Å². The number of hydrogen-bond donors (Lipinski definition) is 0. The van der Waals surface area contributed by atoms with Crippen molar-refractivity contribution in [3.63, 3.8) is 0 Å². The molecule has 0 aliphatic carbocycles. The van der Waals surface area contributed by atoms with Gasteiger partial charge in [-0.3, -0.25) is 4.79 Å². The van der Waals surface area contributed by atoms with E-state index in [0.717, 1.165) is 7.11 Å². The maximum Gasteiger partial charge on any atom is 0.793 e. The van der Waals surface area contributed by atoms with Crippen LogP contribution in [-0.2, 0) is 42.6 Å². The van der Waals surface area contributed by atoms with Crippen molar-refractivity contribution < 1.29 is 42.6 Å². The Morgan fingerprint density at radius 2 is 2.00 bits per heavy atom. The molecule has 1 atom stereocenters. The van der Waals surface area contributed by atoms with Crippen molar-refractivity contribution in [3.8, 4) is 0 Å². The molecular formula is C8H9BO9. The average molecular weight is 260 g/mol. The van der Waals surface area contributed by atoms with E-state index in [9.17, 15) is 19.2 Å². The van der Waals surface area contributed by atoms with Gasteiger partial charge in [-0.2, -0.15) is 0 Å². The Balaban J connectivity index is 2.54. The van der Waals surface area contributed by atoms with Gasteiger partial charge < -0.3 is 23.4 Å². The summed E-state index contributed by atoms with van der Waals surface area (Å²) >= 11 is 0. The number of rotatable bonds is 3. The fourth-order valence-electron chi connectivity index (χ4n) is 0.991. The van der Waals surface area contributed by atoms with Crippen LogP contribution in [0.15, 0.2) is 0 Å². The van der Waals surface area contributed by atoms with Crippen LogP contribution in [0, 0.1) is 0 Å². The molecule has 1 rings (SSSR count). The van der Waals surface area contributed by atoms with Crippen LogP contribution in [0.3, 0.4) is 0 Å². The highest BCUT2D eigenvalue weighted by atomic mass is 16.8. The molecule has 1 heterocycles. The van der Waals surface area contributed by atoms with E-state index in [1.165, 1.54) is 6.92 Å². The molecule has 0 aromatic carbocycles. The van der Waals surface area contributed by atoms with E-state index >= 15 is 0 Å². The van der Waals surface area contributed by atoms with Crippen LogP contribution in [0.25, 0.3) is 0 Å². The normalized spacial score (nSPS) is 18.0. The number of methoxy groups -OCH3 is 1. The first-order valence-corrected chi connectivity index (χ1v) is 4.81. The van der Waals surface area contributed by atoms with E-state index in [1.54, 1.807) is 0 Å². The van der Waals surface area contributed by atoms with E-state index in [1.807, 2.05) is 0 Å². The predicted octanol–water partition coefficient (Wildman–Crippen LogP) is -1.81. The van der Waals surface area contributed by atoms with Crippen LogP contribution in [0.4, 0.5) is 0 Å². The number of ether oxygens (including phenoxy) is 2. The molecule has 18 heavy (non-hydrogen) atoms. The van der Waals surface area contributed by atoms with E-state index in [2.05, 4.69) is 23.4 Å². The van der Waals surface area contributed by atoms with Crippen LogP contribution in [0.2, 0.25) is 0 Å². The summed E-state index contributed by atoms with van der Waals surface area (Å²) in [6.07, 6.45) is -1.64. The summed E-state index contributed by atoms with van der Waals surface area (Å²) < 4.78 is 21.9. The standard InChI is InChI=1S/C8H9BO9/c1-3-15-5(10)4-6(11)17-9(16-4)18-8(13)7(12)14-2/h4H,3H2,1-2H3. The molecule has 0 aromatic rings. The van der Waals surface area contributed by atoms with Gasteiger partial charge in [0, 0.05) is 0 Å². The monoisotopic (exact) mass is 260 g/mol.